The second-order valence-corrected chi connectivity index (χ2v) is 4.24. The number of anilines is 1. The zero-order chi connectivity index (χ0) is 12.8. The Morgan fingerprint density at radius 3 is 2.29 bits per heavy atom. The molecule has 4 heteroatoms. The SMILES string of the molecule is COC(=O)C(=O)Nc1ccc(CC(C)C)cc1. The van der Waals surface area contributed by atoms with Crippen molar-refractivity contribution in [2.24, 2.45) is 5.92 Å². The van der Waals surface area contributed by atoms with Crippen LogP contribution in [0.2, 0.25) is 0 Å². The second-order valence-electron chi connectivity index (χ2n) is 4.24. The van der Waals surface area contributed by atoms with Gasteiger partial charge in [0.05, 0.1) is 7.11 Å². The number of ether oxygens (including phenoxy) is 1. The number of amides is 1. The fraction of sp³-hybridized carbons (Fsp3) is 0.385. The lowest BCUT2D eigenvalue weighted by Crippen LogP contribution is -2.23. The highest BCUT2D eigenvalue weighted by Crippen LogP contribution is 2.12. The van der Waals surface area contributed by atoms with E-state index < -0.39 is 11.9 Å². The van der Waals surface area contributed by atoms with Gasteiger partial charge in [-0.1, -0.05) is 26.0 Å². The minimum Gasteiger partial charge on any atom is -0.462 e. The Morgan fingerprint density at radius 1 is 1.24 bits per heavy atom. The van der Waals surface area contributed by atoms with Gasteiger partial charge in [-0.3, -0.25) is 4.79 Å². The Kier molecular flexibility index (Phi) is 4.69. The lowest BCUT2D eigenvalue weighted by molar-refractivity contribution is -0.150. The van der Waals surface area contributed by atoms with Gasteiger partial charge in [0.1, 0.15) is 0 Å². The van der Waals surface area contributed by atoms with Crippen LogP contribution in [0.1, 0.15) is 19.4 Å². The molecule has 1 rings (SSSR count). The van der Waals surface area contributed by atoms with Crippen molar-refractivity contribution < 1.29 is 14.3 Å². The van der Waals surface area contributed by atoms with E-state index in [2.05, 4.69) is 23.9 Å². The van der Waals surface area contributed by atoms with Crippen molar-refractivity contribution in [2.75, 3.05) is 12.4 Å². The molecule has 0 unspecified atom stereocenters. The molecular formula is C13H17NO3. The molecule has 0 aromatic heterocycles. The third-order valence-corrected chi connectivity index (χ3v) is 2.23. The van der Waals surface area contributed by atoms with E-state index in [0.29, 0.717) is 11.6 Å². The Hall–Kier alpha value is -1.84. The molecule has 0 fully saturated rings. The average Bonchev–Trinajstić information content (AvgIpc) is 2.30. The van der Waals surface area contributed by atoms with Crippen LogP contribution in [-0.4, -0.2) is 19.0 Å². The highest BCUT2D eigenvalue weighted by Gasteiger charge is 2.13. The van der Waals surface area contributed by atoms with Crippen LogP contribution in [-0.2, 0) is 20.7 Å². The number of methoxy groups -OCH3 is 1. The molecule has 1 N–H and O–H groups in total. The molecule has 0 heterocycles. The molecule has 0 bridgehead atoms. The van der Waals surface area contributed by atoms with E-state index in [-0.39, 0.29) is 0 Å². The zero-order valence-corrected chi connectivity index (χ0v) is 10.3. The number of nitrogens with one attached hydrogen (secondary N) is 1. The lowest BCUT2D eigenvalue weighted by atomic mass is 10.0. The molecule has 0 radical (unpaired) electrons. The first-order chi connectivity index (χ1) is 8.02. The Balaban J connectivity index is 2.62. The van der Waals surface area contributed by atoms with E-state index in [0.717, 1.165) is 6.42 Å². The predicted molar refractivity (Wildman–Crippen MR) is 65.6 cm³/mol. The van der Waals surface area contributed by atoms with E-state index in [1.807, 2.05) is 12.1 Å². The zero-order valence-electron chi connectivity index (χ0n) is 10.3. The van der Waals surface area contributed by atoms with Gasteiger partial charge in [0.25, 0.3) is 0 Å². The molecule has 1 aromatic carbocycles. The van der Waals surface area contributed by atoms with E-state index in [9.17, 15) is 9.59 Å². The highest BCUT2D eigenvalue weighted by molar-refractivity contribution is 6.37. The number of rotatable bonds is 3. The van der Waals surface area contributed by atoms with Gasteiger partial charge in [-0.25, -0.2) is 4.79 Å². The van der Waals surface area contributed by atoms with Gasteiger partial charge in [0, 0.05) is 5.69 Å². The monoisotopic (exact) mass is 235 g/mol. The number of esters is 1. The van der Waals surface area contributed by atoms with Gasteiger partial charge < -0.3 is 10.1 Å². The largest absolute Gasteiger partial charge is 0.462 e. The molecule has 17 heavy (non-hydrogen) atoms. The van der Waals surface area contributed by atoms with Gasteiger partial charge in [-0.15, -0.1) is 0 Å². The van der Waals surface area contributed by atoms with Crippen LogP contribution in [0.5, 0.6) is 0 Å². The van der Waals surface area contributed by atoms with E-state index in [1.165, 1.54) is 12.7 Å². The standard InChI is InChI=1S/C13H17NO3/c1-9(2)8-10-4-6-11(7-5-10)14-12(15)13(16)17-3/h4-7,9H,8H2,1-3H3,(H,14,15). The van der Waals surface area contributed by atoms with Gasteiger partial charge in [0.15, 0.2) is 0 Å². The fourth-order valence-corrected chi connectivity index (χ4v) is 1.47. The second kappa shape index (κ2) is 6.03. The molecule has 1 amide bonds. The smallest absolute Gasteiger partial charge is 0.396 e. The predicted octanol–water partition coefficient (Wildman–Crippen LogP) is 2.00. The van der Waals surface area contributed by atoms with Crippen molar-refractivity contribution in [1.29, 1.82) is 0 Å². The van der Waals surface area contributed by atoms with E-state index in [1.54, 1.807) is 12.1 Å². The summed E-state index contributed by atoms with van der Waals surface area (Å²) in [7, 11) is 1.17. The van der Waals surface area contributed by atoms with Crippen LogP contribution >= 0.6 is 0 Å². The first kappa shape index (κ1) is 13.2. The molecule has 0 aliphatic heterocycles. The van der Waals surface area contributed by atoms with Gasteiger partial charge >= 0.3 is 11.9 Å². The van der Waals surface area contributed by atoms with Crippen LogP contribution < -0.4 is 5.32 Å². The van der Waals surface area contributed by atoms with Crippen LogP contribution in [0.3, 0.4) is 0 Å². The van der Waals surface area contributed by atoms with Crippen molar-refractivity contribution in [1.82, 2.24) is 0 Å². The molecule has 1 aromatic rings. The molecule has 0 atom stereocenters. The first-order valence-electron chi connectivity index (χ1n) is 5.51. The maximum Gasteiger partial charge on any atom is 0.396 e. The summed E-state index contributed by atoms with van der Waals surface area (Å²) >= 11 is 0. The third-order valence-electron chi connectivity index (χ3n) is 2.23. The minimum absolute atomic E-state index is 0.588. The van der Waals surface area contributed by atoms with Crippen molar-refractivity contribution in [3.63, 3.8) is 0 Å². The normalized spacial score (nSPS) is 10.1. The van der Waals surface area contributed by atoms with Crippen molar-refractivity contribution in [3.8, 4) is 0 Å². The fourth-order valence-electron chi connectivity index (χ4n) is 1.47. The summed E-state index contributed by atoms with van der Waals surface area (Å²) < 4.78 is 4.31. The maximum absolute atomic E-state index is 11.2. The number of carbonyl (C=O) groups is 2. The summed E-state index contributed by atoms with van der Waals surface area (Å²) in [6, 6.07) is 7.43. The third kappa shape index (κ3) is 4.26. The summed E-state index contributed by atoms with van der Waals surface area (Å²) in [6.45, 7) is 4.29. The Labute approximate surface area is 101 Å². The molecule has 0 aliphatic rings. The van der Waals surface area contributed by atoms with Crippen molar-refractivity contribution >= 4 is 17.6 Å². The van der Waals surface area contributed by atoms with Crippen LogP contribution in [0.4, 0.5) is 5.69 Å². The highest BCUT2D eigenvalue weighted by atomic mass is 16.5. The van der Waals surface area contributed by atoms with Crippen molar-refractivity contribution in [3.05, 3.63) is 29.8 Å². The van der Waals surface area contributed by atoms with Gasteiger partial charge in [-0.05, 0) is 30.0 Å². The molecular weight excluding hydrogens is 218 g/mol. The molecule has 0 saturated heterocycles. The Bertz CT molecular complexity index is 396. The van der Waals surface area contributed by atoms with Crippen molar-refractivity contribution in [2.45, 2.75) is 20.3 Å². The maximum atomic E-state index is 11.2. The van der Waals surface area contributed by atoms with Crippen LogP contribution in [0.15, 0.2) is 24.3 Å². The summed E-state index contributed by atoms with van der Waals surface area (Å²) in [5, 5.41) is 2.46. The summed E-state index contributed by atoms with van der Waals surface area (Å²) in [6.07, 6.45) is 0.991. The quantitative estimate of drug-likeness (QED) is 0.644. The number of hydrogen-bond acceptors (Lipinski definition) is 3. The summed E-state index contributed by atoms with van der Waals surface area (Å²) in [5.74, 6) is -1.06. The number of carbonyl (C=O) groups excluding carboxylic acids is 2. The molecule has 0 aliphatic carbocycles. The number of hydrogen-bond donors (Lipinski definition) is 1. The van der Waals surface area contributed by atoms with E-state index in [4.69, 9.17) is 0 Å². The lowest BCUT2D eigenvalue weighted by Gasteiger charge is -2.07. The molecule has 4 nitrogen and oxygen atoms in total. The van der Waals surface area contributed by atoms with Crippen LogP contribution in [0, 0.1) is 5.92 Å². The molecule has 0 spiro atoms. The average molecular weight is 235 g/mol. The topological polar surface area (TPSA) is 55.4 Å². The first-order valence-corrected chi connectivity index (χ1v) is 5.51. The molecule has 0 saturated carbocycles. The summed E-state index contributed by atoms with van der Waals surface area (Å²) in [4.78, 5) is 22.1. The number of benzene rings is 1. The van der Waals surface area contributed by atoms with Gasteiger partial charge in [0.2, 0.25) is 0 Å². The van der Waals surface area contributed by atoms with Crippen LogP contribution in [0.25, 0.3) is 0 Å². The summed E-state index contributed by atoms with van der Waals surface area (Å²) in [5.41, 5.74) is 1.80. The van der Waals surface area contributed by atoms with E-state index >= 15 is 0 Å². The minimum atomic E-state index is -0.892. The van der Waals surface area contributed by atoms with Gasteiger partial charge in [-0.2, -0.15) is 0 Å². The Morgan fingerprint density at radius 2 is 1.82 bits per heavy atom. The molecule has 92 valence electrons.